The van der Waals surface area contributed by atoms with Crippen LogP contribution in [0.15, 0.2) is 12.5 Å². The maximum Gasteiger partial charge on any atom is 0.419 e. The van der Waals surface area contributed by atoms with Crippen LogP contribution in [-0.2, 0) is 9.53 Å². The number of ether oxygens (including phenoxy) is 1. The molecule has 1 atom stereocenters. The van der Waals surface area contributed by atoms with Gasteiger partial charge in [0.2, 0.25) is 0 Å². The van der Waals surface area contributed by atoms with Crippen molar-refractivity contribution in [2.45, 2.75) is 38.9 Å². The number of carboxylic acid groups (broad SMARTS) is 1. The van der Waals surface area contributed by atoms with Crippen molar-refractivity contribution in [3.8, 4) is 0 Å². The number of aliphatic carboxylic acids is 1. The molecule has 100 valence electrons. The second-order valence-corrected chi connectivity index (χ2v) is 4.80. The van der Waals surface area contributed by atoms with Crippen LogP contribution in [0.3, 0.4) is 0 Å². The number of imidazole rings is 1. The molecular formula is C11H16N2O5. The number of nitrogens with zero attached hydrogens (tertiary/aromatic N) is 2. The fourth-order valence-corrected chi connectivity index (χ4v) is 1.19. The monoisotopic (exact) mass is 256 g/mol. The maximum atomic E-state index is 11.6. The van der Waals surface area contributed by atoms with Crippen molar-refractivity contribution in [1.82, 2.24) is 9.55 Å². The summed E-state index contributed by atoms with van der Waals surface area (Å²) in [5.74, 6) is -1.14. The second kappa shape index (κ2) is 5.18. The van der Waals surface area contributed by atoms with Gasteiger partial charge in [-0.05, 0) is 20.8 Å². The van der Waals surface area contributed by atoms with E-state index in [9.17, 15) is 14.7 Å². The zero-order valence-corrected chi connectivity index (χ0v) is 10.5. The summed E-state index contributed by atoms with van der Waals surface area (Å²) in [4.78, 5) is 25.8. The van der Waals surface area contributed by atoms with Gasteiger partial charge in [-0.15, -0.1) is 0 Å². The standard InChI is InChI=1S/C11H16N2O5/c1-11(2,3)18-10(17)13-5-7(12-6-13)8(14)4-9(15)16/h5-6,8,14H,4H2,1-3H3,(H,15,16). The van der Waals surface area contributed by atoms with Crippen molar-refractivity contribution in [2.24, 2.45) is 0 Å². The van der Waals surface area contributed by atoms with Gasteiger partial charge in [-0.2, -0.15) is 0 Å². The number of carbonyl (C=O) groups is 2. The summed E-state index contributed by atoms with van der Waals surface area (Å²) in [6, 6.07) is 0. The lowest BCUT2D eigenvalue weighted by molar-refractivity contribution is -0.139. The normalized spacial score (nSPS) is 13.1. The van der Waals surface area contributed by atoms with Gasteiger partial charge < -0.3 is 14.9 Å². The highest BCUT2D eigenvalue weighted by molar-refractivity contribution is 5.71. The number of carbonyl (C=O) groups excluding carboxylic acids is 1. The Kier molecular flexibility index (Phi) is 4.07. The fourth-order valence-electron chi connectivity index (χ4n) is 1.19. The van der Waals surface area contributed by atoms with Crippen LogP contribution in [0, 0.1) is 0 Å². The number of carboxylic acids is 1. The summed E-state index contributed by atoms with van der Waals surface area (Å²) < 4.78 is 6.15. The van der Waals surface area contributed by atoms with Gasteiger partial charge in [0, 0.05) is 6.20 Å². The Labute approximate surface area is 104 Å². The Balaban J connectivity index is 2.74. The molecule has 2 N–H and O–H groups in total. The van der Waals surface area contributed by atoms with Gasteiger partial charge in [0.05, 0.1) is 12.1 Å². The molecule has 1 aromatic rings. The highest BCUT2D eigenvalue weighted by atomic mass is 16.6. The first-order chi connectivity index (χ1) is 8.19. The molecule has 0 aliphatic carbocycles. The van der Waals surface area contributed by atoms with Crippen LogP contribution >= 0.6 is 0 Å². The Morgan fingerprint density at radius 1 is 1.50 bits per heavy atom. The van der Waals surface area contributed by atoms with Crippen molar-refractivity contribution in [3.05, 3.63) is 18.2 Å². The van der Waals surface area contributed by atoms with E-state index in [2.05, 4.69) is 4.98 Å². The number of aromatic nitrogens is 2. The third-order valence-corrected chi connectivity index (χ3v) is 1.92. The van der Waals surface area contributed by atoms with Gasteiger partial charge >= 0.3 is 12.1 Å². The molecule has 0 aliphatic heterocycles. The van der Waals surface area contributed by atoms with Crippen LogP contribution in [-0.4, -0.2) is 37.4 Å². The molecule has 7 heteroatoms. The van der Waals surface area contributed by atoms with Crippen LogP contribution in [0.2, 0.25) is 0 Å². The minimum atomic E-state index is -1.24. The summed E-state index contributed by atoms with van der Waals surface area (Å²) in [5.41, 5.74) is -0.524. The molecule has 1 rings (SSSR count). The number of aliphatic hydroxyl groups is 1. The SMILES string of the molecule is CC(C)(C)OC(=O)n1cnc(C(O)CC(=O)O)c1. The first-order valence-corrected chi connectivity index (χ1v) is 5.36. The first kappa shape index (κ1) is 14.2. The van der Waals surface area contributed by atoms with E-state index in [1.165, 1.54) is 12.5 Å². The molecule has 1 aromatic heterocycles. The molecular weight excluding hydrogens is 240 g/mol. The molecule has 0 saturated carbocycles. The molecule has 0 radical (unpaired) electrons. The van der Waals surface area contributed by atoms with E-state index in [0.717, 1.165) is 4.57 Å². The lowest BCUT2D eigenvalue weighted by atomic mass is 10.2. The summed E-state index contributed by atoms with van der Waals surface area (Å²) in [7, 11) is 0. The number of aliphatic hydroxyl groups excluding tert-OH is 1. The van der Waals surface area contributed by atoms with E-state index >= 15 is 0 Å². The Morgan fingerprint density at radius 3 is 2.61 bits per heavy atom. The lowest BCUT2D eigenvalue weighted by Crippen LogP contribution is -2.26. The predicted molar refractivity (Wildman–Crippen MR) is 61.1 cm³/mol. The molecule has 0 amide bonds. The van der Waals surface area contributed by atoms with E-state index in [-0.39, 0.29) is 5.69 Å². The van der Waals surface area contributed by atoms with Crippen molar-refractivity contribution >= 4 is 12.1 Å². The zero-order chi connectivity index (χ0) is 13.9. The third-order valence-electron chi connectivity index (χ3n) is 1.92. The molecule has 18 heavy (non-hydrogen) atoms. The average molecular weight is 256 g/mol. The molecule has 0 bridgehead atoms. The van der Waals surface area contributed by atoms with Crippen LogP contribution in [0.5, 0.6) is 0 Å². The van der Waals surface area contributed by atoms with Crippen LogP contribution < -0.4 is 0 Å². The van der Waals surface area contributed by atoms with Gasteiger partial charge in [0.25, 0.3) is 0 Å². The van der Waals surface area contributed by atoms with E-state index in [1.807, 2.05) is 0 Å². The van der Waals surface area contributed by atoms with Gasteiger partial charge in [-0.1, -0.05) is 0 Å². The van der Waals surface area contributed by atoms with E-state index in [4.69, 9.17) is 9.84 Å². The fraction of sp³-hybridized carbons (Fsp3) is 0.545. The molecule has 0 fully saturated rings. The summed E-state index contributed by atoms with van der Waals surface area (Å²) in [5, 5.41) is 18.0. The van der Waals surface area contributed by atoms with Crippen molar-refractivity contribution < 1.29 is 24.5 Å². The molecule has 0 saturated heterocycles. The van der Waals surface area contributed by atoms with E-state index in [0.29, 0.717) is 0 Å². The van der Waals surface area contributed by atoms with Crippen LogP contribution in [0.25, 0.3) is 0 Å². The van der Waals surface area contributed by atoms with Crippen molar-refractivity contribution in [1.29, 1.82) is 0 Å². The van der Waals surface area contributed by atoms with Gasteiger partial charge in [-0.25, -0.2) is 14.3 Å². The first-order valence-electron chi connectivity index (χ1n) is 5.36. The molecule has 7 nitrogen and oxygen atoms in total. The van der Waals surface area contributed by atoms with E-state index < -0.39 is 30.2 Å². The minimum absolute atomic E-state index is 0.114. The lowest BCUT2D eigenvalue weighted by Gasteiger charge is -2.19. The topological polar surface area (TPSA) is 102 Å². The number of hydrogen-bond donors (Lipinski definition) is 2. The smallest absolute Gasteiger partial charge is 0.419 e. The predicted octanol–water partition coefficient (Wildman–Crippen LogP) is 1.17. The number of rotatable bonds is 3. The van der Waals surface area contributed by atoms with Crippen LogP contribution in [0.4, 0.5) is 4.79 Å². The van der Waals surface area contributed by atoms with Crippen molar-refractivity contribution in [3.63, 3.8) is 0 Å². The number of hydrogen-bond acceptors (Lipinski definition) is 5. The van der Waals surface area contributed by atoms with Crippen LogP contribution in [0.1, 0.15) is 39.0 Å². The minimum Gasteiger partial charge on any atom is -0.481 e. The molecule has 0 aliphatic rings. The summed E-state index contributed by atoms with van der Waals surface area (Å²) >= 11 is 0. The average Bonchev–Trinajstić information content (AvgIpc) is 2.61. The Morgan fingerprint density at radius 2 is 2.11 bits per heavy atom. The Bertz CT molecular complexity index is 447. The largest absolute Gasteiger partial charge is 0.481 e. The summed E-state index contributed by atoms with van der Waals surface area (Å²) in [6.45, 7) is 5.17. The second-order valence-electron chi connectivity index (χ2n) is 4.80. The molecule has 0 spiro atoms. The van der Waals surface area contributed by atoms with E-state index in [1.54, 1.807) is 20.8 Å². The third kappa shape index (κ3) is 4.17. The van der Waals surface area contributed by atoms with Gasteiger partial charge in [0.1, 0.15) is 18.0 Å². The molecule has 1 unspecified atom stereocenters. The highest BCUT2D eigenvalue weighted by Crippen LogP contribution is 2.15. The van der Waals surface area contributed by atoms with Gasteiger partial charge in [0.15, 0.2) is 0 Å². The zero-order valence-electron chi connectivity index (χ0n) is 10.5. The quantitative estimate of drug-likeness (QED) is 0.841. The van der Waals surface area contributed by atoms with Gasteiger partial charge in [-0.3, -0.25) is 4.79 Å². The molecule has 0 aromatic carbocycles. The Hall–Kier alpha value is -1.89. The maximum absolute atomic E-state index is 11.6. The molecule has 1 heterocycles. The highest BCUT2D eigenvalue weighted by Gasteiger charge is 2.20. The van der Waals surface area contributed by atoms with Crippen molar-refractivity contribution in [2.75, 3.05) is 0 Å². The summed E-state index contributed by atoms with van der Waals surface area (Å²) in [6.07, 6.45) is 0.0801.